The van der Waals surface area contributed by atoms with E-state index in [2.05, 4.69) is 17.4 Å². The number of benzene rings is 3. The lowest BCUT2D eigenvalue weighted by molar-refractivity contribution is -0.136. The normalized spacial score (nSPS) is 13.8. The van der Waals surface area contributed by atoms with Gasteiger partial charge >= 0.3 is 12.1 Å². The molecular formula is C37H46FNO7. The minimum atomic E-state index is -0.778. The van der Waals surface area contributed by atoms with E-state index in [0.29, 0.717) is 19.4 Å². The van der Waals surface area contributed by atoms with Gasteiger partial charge in [0.25, 0.3) is 0 Å². The SMILES string of the molecule is COC(=O)/C(=C/CO[C@H](CCc1ccccc1)[C@@H](Cc1ccc(F)cc1)[C@H](C)OCc1ccc(OC)cc1)NC(=O)OC(C)(C)C. The van der Waals surface area contributed by atoms with E-state index in [1.807, 2.05) is 49.4 Å². The fraction of sp³-hybridized carbons (Fsp3) is 0.405. The lowest BCUT2D eigenvalue weighted by atomic mass is 9.86. The van der Waals surface area contributed by atoms with Crippen molar-refractivity contribution in [3.63, 3.8) is 0 Å². The van der Waals surface area contributed by atoms with Crippen molar-refractivity contribution >= 4 is 12.1 Å². The average molecular weight is 636 g/mol. The molecule has 0 saturated carbocycles. The van der Waals surface area contributed by atoms with E-state index < -0.39 is 17.7 Å². The Balaban J connectivity index is 1.87. The van der Waals surface area contributed by atoms with E-state index in [1.54, 1.807) is 40.0 Å². The van der Waals surface area contributed by atoms with Crippen molar-refractivity contribution in [3.05, 3.63) is 113 Å². The zero-order valence-electron chi connectivity index (χ0n) is 27.6. The summed E-state index contributed by atoms with van der Waals surface area (Å²) in [6, 6.07) is 24.2. The lowest BCUT2D eigenvalue weighted by Crippen LogP contribution is -2.37. The maximum atomic E-state index is 13.8. The highest BCUT2D eigenvalue weighted by atomic mass is 19.1. The van der Waals surface area contributed by atoms with Crippen LogP contribution in [0.15, 0.2) is 90.6 Å². The van der Waals surface area contributed by atoms with Crippen molar-refractivity contribution in [2.45, 2.75) is 71.4 Å². The minimum absolute atomic E-state index is 0.00477. The highest BCUT2D eigenvalue weighted by molar-refractivity contribution is 5.92. The van der Waals surface area contributed by atoms with Crippen LogP contribution in [-0.4, -0.2) is 50.7 Å². The number of esters is 1. The number of hydrogen-bond acceptors (Lipinski definition) is 7. The van der Waals surface area contributed by atoms with Crippen LogP contribution in [0.3, 0.4) is 0 Å². The van der Waals surface area contributed by atoms with Crippen molar-refractivity contribution in [2.24, 2.45) is 5.92 Å². The number of halogens is 1. The Bertz CT molecular complexity index is 1390. The molecule has 0 radical (unpaired) electrons. The summed E-state index contributed by atoms with van der Waals surface area (Å²) in [6.45, 7) is 7.58. The Morgan fingerprint density at radius 3 is 2.13 bits per heavy atom. The molecule has 0 bridgehead atoms. The van der Waals surface area contributed by atoms with E-state index >= 15 is 0 Å². The first-order valence-electron chi connectivity index (χ1n) is 15.4. The van der Waals surface area contributed by atoms with E-state index in [-0.39, 0.29) is 36.2 Å². The van der Waals surface area contributed by atoms with Crippen LogP contribution in [0.25, 0.3) is 0 Å². The molecule has 8 nitrogen and oxygen atoms in total. The number of carbonyl (C=O) groups excluding carboxylic acids is 2. The highest BCUT2D eigenvalue weighted by Gasteiger charge is 2.29. The molecule has 3 rings (SSSR count). The van der Waals surface area contributed by atoms with Gasteiger partial charge in [0.2, 0.25) is 0 Å². The van der Waals surface area contributed by atoms with Gasteiger partial charge in [-0.25, -0.2) is 14.0 Å². The molecule has 0 unspecified atom stereocenters. The summed E-state index contributed by atoms with van der Waals surface area (Å²) in [7, 11) is 2.86. The van der Waals surface area contributed by atoms with Crippen LogP contribution >= 0.6 is 0 Å². The molecule has 0 fully saturated rings. The molecule has 9 heteroatoms. The predicted octanol–water partition coefficient (Wildman–Crippen LogP) is 7.20. The monoisotopic (exact) mass is 635 g/mol. The Morgan fingerprint density at radius 2 is 1.52 bits per heavy atom. The molecule has 0 aromatic heterocycles. The smallest absolute Gasteiger partial charge is 0.412 e. The van der Waals surface area contributed by atoms with Gasteiger partial charge in [0, 0.05) is 5.92 Å². The van der Waals surface area contributed by atoms with Crippen LogP contribution < -0.4 is 10.1 Å². The van der Waals surface area contributed by atoms with E-state index in [0.717, 1.165) is 28.9 Å². The number of amides is 1. The third-order valence-corrected chi connectivity index (χ3v) is 7.34. The second-order valence-corrected chi connectivity index (χ2v) is 12.0. The summed E-state index contributed by atoms with van der Waals surface area (Å²) in [5, 5.41) is 2.48. The maximum absolute atomic E-state index is 13.8. The first kappa shape index (κ1) is 36.3. The van der Waals surface area contributed by atoms with Crippen molar-refractivity contribution in [2.75, 3.05) is 20.8 Å². The zero-order valence-corrected chi connectivity index (χ0v) is 27.6. The molecule has 0 aliphatic rings. The molecule has 46 heavy (non-hydrogen) atoms. The van der Waals surface area contributed by atoms with Crippen molar-refractivity contribution < 1.29 is 37.7 Å². The number of aryl methyl sites for hydroxylation is 1. The van der Waals surface area contributed by atoms with Crippen molar-refractivity contribution in [1.82, 2.24) is 5.32 Å². The van der Waals surface area contributed by atoms with Crippen molar-refractivity contribution in [3.8, 4) is 5.75 Å². The number of ether oxygens (including phenoxy) is 5. The summed E-state index contributed by atoms with van der Waals surface area (Å²) in [4.78, 5) is 24.9. The molecule has 0 aliphatic carbocycles. The van der Waals surface area contributed by atoms with Gasteiger partial charge in [-0.3, -0.25) is 5.32 Å². The largest absolute Gasteiger partial charge is 0.497 e. The van der Waals surface area contributed by atoms with Crippen LogP contribution in [0.4, 0.5) is 9.18 Å². The van der Waals surface area contributed by atoms with E-state index in [9.17, 15) is 14.0 Å². The van der Waals surface area contributed by atoms with Gasteiger partial charge in [0.15, 0.2) is 0 Å². The van der Waals surface area contributed by atoms with Gasteiger partial charge in [0.05, 0.1) is 39.6 Å². The van der Waals surface area contributed by atoms with Crippen LogP contribution in [0.5, 0.6) is 5.75 Å². The average Bonchev–Trinajstić information content (AvgIpc) is 3.04. The molecule has 248 valence electrons. The van der Waals surface area contributed by atoms with Gasteiger partial charge in [0.1, 0.15) is 22.9 Å². The molecule has 3 atom stereocenters. The Morgan fingerprint density at radius 1 is 0.870 bits per heavy atom. The summed E-state index contributed by atoms with van der Waals surface area (Å²) in [6.07, 6.45) is 2.04. The lowest BCUT2D eigenvalue weighted by Gasteiger charge is -2.32. The van der Waals surface area contributed by atoms with Crippen LogP contribution in [0.1, 0.15) is 50.8 Å². The molecule has 0 heterocycles. The highest BCUT2D eigenvalue weighted by Crippen LogP contribution is 2.26. The molecule has 1 N–H and O–H groups in total. The number of alkyl carbamates (subject to hydrolysis) is 1. The van der Waals surface area contributed by atoms with Gasteiger partial charge in [-0.1, -0.05) is 54.6 Å². The Hall–Kier alpha value is -4.21. The maximum Gasteiger partial charge on any atom is 0.412 e. The molecule has 1 amide bonds. The van der Waals surface area contributed by atoms with Gasteiger partial charge in [-0.2, -0.15) is 0 Å². The topological polar surface area (TPSA) is 92.3 Å². The number of carbonyl (C=O) groups is 2. The Labute approximate surface area is 271 Å². The third kappa shape index (κ3) is 12.7. The third-order valence-electron chi connectivity index (χ3n) is 7.34. The molecule has 0 aliphatic heterocycles. The molecular weight excluding hydrogens is 589 g/mol. The summed E-state index contributed by atoms with van der Waals surface area (Å²) < 4.78 is 42.2. The van der Waals surface area contributed by atoms with Gasteiger partial charge in [-0.05, 0) is 94.0 Å². The van der Waals surface area contributed by atoms with Crippen LogP contribution in [-0.2, 0) is 43.2 Å². The van der Waals surface area contributed by atoms with Crippen molar-refractivity contribution in [1.29, 1.82) is 0 Å². The molecule has 0 spiro atoms. The predicted molar refractivity (Wildman–Crippen MR) is 175 cm³/mol. The number of nitrogens with one attached hydrogen (secondary N) is 1. The van der Waals surface area contributed by atoms with E-state index in [1.165, 1.54) is 25.3 Å². The van der Waals surface area contributed by atoms with Gasteiger partial charge < -0.3 is 23.7 Å². The Kier molecular flexibility index (Phi) is 14.2. The number of methoxy groups -OCH3 is 2. The second-order valence-electron chi connectivity index (χ2n) is 12.0. The fourth-order valence-corrected chi connectivity index (χ4v) is 4.90. The fourth-order valence-electron chi connectivity index (χ4n) is 4.90. The molecule has 3 aromatic carbocycles. The first-order chi connectivity index (χ1) is 22.0. The number of rotatable bonds is 16. The quantitative estimate of drug-likeness (QED) is 0.132. The minimum Gasteiger partial charge on any atom is -0.497 e. The first-order valence-corrected chi connectivity index (χ1v) is 15.4. The summed E-state index contributed by atoms with van der Waals surface area (Å²) in [5.41, 5.74) is 2.25. The zero-order chi connectivity index (χ0) is 33.5. The van der Waals surface area contributed by atoms with Crippen LogP contribution in [0.2, 0.25) is 0 Å². The standard InChI is InChI=1S/C37H46FNO7/c1-26(45-25-29-14-19-31(42-5)20-15-29)32(24-28-12-17-30(38)18-13-28)34(21-16-27-10-8-7-9-11-27)44-23-22-33(35(40)43-6)39-36(41)46-37(2,3)4/h7-15,17-20,22,26,32,34H,16,21,23-25H2,1-6H3,(H,39,41)/b33-22-/t26-,32-,34+/m0/s1. The second kappa shape index (κ2) is 18.1. The summed E-state index contributed by atoms with van der Waals surface area (Å²) in [5.74, 6) is -0.421. The van der Waals surface area contributed by atoms with Gasteiger partial charge in [-0.15, -0.1) is 0 Å². The van der Waals surface area contributed by atoms with Crippen LogP contribution in [0, 0.1) is 11.7 Å². The molecule has 3 aromatic rings. The number of hydrogen-bond donors (Lipinski definition) is 1. The summed E-state index contributed by atoms with van der Waals surface area (Å²) >= 11 is 0. The van der Waals surface area contributed by atoms with E-state index in [4.69, 9.17) is 23.7 Å². The molecule has 0 saturated heterocycles.